The molecule has 0 radical (unpaired) electrons. The molecule has 2 aromatic rings. The zero-order chi connectivity index (χ0) is 13.7. The number of carboxylic acids is 1. The molecule has 1 heterocycles. The number of thioether (sulfide) groups is 1. The zero-order valence-electron chi connectivity index (χ0n) is 9.62. The van der Waals surface area contributed by atoms with Crippen molar-refractivity contribution in [2.45, 2.75) is 10.1 Å². The Morgan fingerprint density at radius 2 is 2.37 bits per heavy atom. The number of carboxylic acid groups (broad SMARTS) is 1. The first kappa shape index (κ1) is 13.7. The van der Waals surface area contributed by atoms with Crippen LogP contribution in [-0.4, -0.2) is 21.3 Å². The number of hydrogen-bond donors (Lipinski definition) is 1. The highest BCUT2D eigenvalue weighted by Crippen LogP contribution is 2.25. The molecule has 4 nitrogen and oxygen atoms in total. The molecular weight excluding hydrogens is 287 g/mol. The van der Waals surface area contributed by atoms with E-state index in [4.69, 9.17) is 5.11 Å². The van der Waals surface area contributed by atoms with Gasteiger partial charge in [0.05, 0.1) is 0 Å². The maximum Gasteiger partial charge on any atom is 0.328 e. The molecule has 0 bridgehead atoms. The molecule has 0 saturated carbocycles. The molecule has 0 aliphatic heterocycles. The smallest absolute Gasteiger partial charge is 0.328 e. The third kappa shape index (κ3) is 4.15. The number of carbonyl (C=O) groups is 1. The van der Waals surface area contributed by atoms with Gasteiger partial charge in [-0.15, -0.1) is 10.2 Å². The fraction of sp³-hybridized carbons (Fsp3) is 0.0833. The fourth-order valence-electron chi connectivity index (χ4n) is 1.32. The first-order valence-electron chi connectivity index (χ1n) is 5.23. The Hall–Kier alpha value is -1.73. The Kier molecular flexibility index (Phi) is 4.64. The summed E-state index contributed by atoms with van der Waals surface area (Å²) < 4.78 is 14.6. The van der Waals surface area contributed by atoms with E-state index in [0.717, 1.165) is 10.4 Å². The van der Waals surface area contributed by atoms with Gasteiger partial charge in [-0.2, -0.15) is 0 Å². The van der Waals surface area contributed by atoms with Gasteiger partial charge < -0.3 is 5.11 Å². The van der Waals surface area contributed by atoms with Crippen LogP contribution in [0.4, 0.5) is 4.39 Å². The predicted molar refractivity (Wildman–Crippen MR) is 72.5 cm³/mol. The summed E-state index contributed by atoms with van der Waals surface area (Å²) in [5.41, 5.74) is 2.69. The topological polar surface area (TPSA) is 63.1 Å². The van der Waals surface area contributed by atoms with E-state index in [-0.39, 0.29) is 5.82 Å². The molecule has 0 atom stereocenters. The summed E-state index contributed by atoms with van der Waals surface area (Å²) in [5.74, 6) is -0.954. The molecule has 0 spiro atoms. The molecule has 19 heavy (non-hydrogen) atoms. The van der Waals surface area contributed by atoms with Crippen LogP contribution >= 0.6 is 23.1 Å². The Labute approximate surface area is 117 Å². The van der Waals surface area contributed by atoms with E-state index < -0.39 is 5.97 Å². The van der Waals surface area contributed by atoms with E-state index in [9.17, 15) is 9.18 Å². The Morgan fingerprint density at radius 3 is 3.00 bits per heavy atom. The normalized spacial score (nSPS) is 11.0. The summed E-state index contributed by atoms with van der Waals surface area (Å²) in [6.45, 7) is 0. The van der Waals surface area contributed by atoms with Crippen molar-refractivity contribution in [1.29, 1.82) is 0 Å². The minimum Gasteiger partial charge on any atom is -0.478 e. The quantitative estimate of drug-likeness (QED) is 0.678. The average Bonchev–Trinajstić information content (AvgIpc) is 2.88. The van der Waals surface area contributed by atoms with Crippen molar-refractivity contribution in [3.63, 3.8) is 0 Å². The van der Waals surface area contributed by atoms with Gasteiger partial charge in [-0.25, -0.2) is 9.18 Å². The van der Waals surface area contributed by atoms with Crippen LogP contribution in [0.15, 0.2) is 34.1 Å². The predicted octanol–water partition coefficient (Wildman–Crippen LogP) is 3.07. The van der Waals surface area contributed by atoms with E-state index in [1.807, 2.05) is 0 Å². The van der Waals surface area contributed by atoms with Gasteiger partial charge in [0, 0.05) is 11.8 Å². The average molecular weight is 296 g/mol. The summed E-state index contributed by atoms with van der Waals surface area (Å²) in [6.07, 6.45) is 2.33. The molecule has 0 aliphatic carbocycles. The number of halogens is 1. The van der Waals surface area contributed by atoms with Gasteiger partial charge in [0.1, 0.15) is 11.3 Å². The maximum atomic E-state index is 13.8. The third-order valence-electron chi connectivity index (χ3n) is 2.19. The minimum atomic E-state index is -1.06. The number of aliphatic carboxylic acids is 1. The lowest BCUT2D eigenvalue weighted by atomic mass is 10.1. The lowest BCUT2D eigenvalue weighted by molar-refractivity contribution is -0.131. The SMILES string of the molecule is O=C(O)/C=C/c1ccc(CSc2nncs2)c(F)c1. The van der Waals surface area contributed by atoms with Crippen LogP contribution in [0.25, 0.3) is 6.08 Å². The summed E-state index contributed by atoms with van der Waals surface area (Å²) in [5, 5.41) is 16.1. The van der Waals surface area contributed by atoms with Crippen LogP contribution in [0.5, 0.6) is 0 Å². The lowest BCUT2D eigenvalue weighted by Crippen LogP contribution is -1.90. The monoisotopic (exact) mass is 296 g/mol. The van der Waals surface area contributed by atoms with Crippen molar-refractivity contribution in [2.24, 2.45) is 0 Å². The number of aromatic nitrogens is 2. The van der Waals surface area contributed by atoms with E-state index in [1.165, 1.54) is 35.2 Å². The van der Waals surface area contributed by atoms with Crippen LogP contribution in [0.1, 0.15) is 11.1 Å². The van der Waals surface area contributed by atoms with Crippen LogP contribution < -0.4 is 0 Å². The second-order valence-corrected chi connectivity index (χ2v) is 5.57. The molecule has 1 N–H and O–H groups in total. The number of benzene rings is 1. The van der Waals surface area contributed by atoms with Gasteiger partial charge >= 0.3 is 5.97 Å². The van der Waals surface area contributed by atoms with E-state index in [1.54, 1.807) is 17.6 Å². The van der Waals surface area contributed by atoms with Gasteiger partial charge in [-0.3, -0.25) is 0 Å². The zero-order valence-corrected chi connectivity index (χ0v) is 11.2. The van der Waals surface area contributed by atoms with Crippen LogP contribution in [-0.2, 0) is 10.5 Å². The molecular formula is C12H9FN2O2S2. The van der Waals surface area contributed by atoms with Crippen LogP contribution in [0, 0.1) is 5.82 Å². The van der Waals surface area contributed by atoms with Gasteiger partial charge in [-0.1, -0.05) is 35.2 Å². The summed E-state index contributed by atoms with van der Waals surface area (Å²) >= 11 is 2.82. The largest absolute Gasteiger partial charge is 0.478 e. The molecule has 1 aromatic carbocycles. The number of nitrogens with zero attached hydrogens (tertiary/aromatic N) is 2. The van der Waals surface area contributed by atoms with Gasteiger partial charge in [0.15, 0.2) is 4.34 Å². The Bertz CT molecular complexity index is 600. The molecule has 0 saturated heterocycles. The highest BCUT2D eigenvalue weighted by molar-refractivity contribution is 8.00. The van der Waals surface area contributed by atoms with Crippen molar-refractivity contribution < 1.29 is 14.3 Å². The second-order valence-electron chi connectivity index (χ2n) is 3.52. The van der Waals surface area contributed by atoms with Gasteiger partial charge in [0.2, 0.25) is 0 Å². The van der Waals surface area contributed by atoms with E-state index in [0.29, 0.717) is 16.9 Å². The van der Waals surface area contributed by atoms with Crippen molar-refractivity contribution in [3.05, 3.63) is 46.7 Å². The highest BCUT2D eigenvalue weighted by Gasteiger charge is 2.05. The van der Waals surface area contributed by atoms with Crippen LogP contribution in [0.2, 0.25) is 0 Å². The highest BCUT2D eigenvalue weighted by atomic mass is 32.2. The Morgan fingerprint density at radius 1 is 1.53 bits per heavy atom. The van der Waals surface area contributed by atoms with Crippen molar-refractivity contribution in [1.82, 2.24) is 10.2 Å². The van der Waals surface area contributed by atoms with Crippen molar-refractivity contribution in [3.8, 4) is 0 Å². The number of rotatable bonds is 5. The molecule has 7 heteroatoms. The van der Waals surface area contributed by atoms with Gasteiger partial charge in [0.25, 0.3) is 0 Å². The first-order chi connectivity index (χ1) is 9.15. The summed E-state index contributed by atoms with van der Waals surface area (Å²) in [7, 11) is 0. The van der Waals surface area contributed by atoms with Crippen LogP contribution in [0.3, 0.4) is 0 Å². The molecule has 2 rings (SSSR count). The maximum absolute atomic E-state index is 13.8. The minimum absolute atomic E-state index is 0.357. The molecule has 1 aromatic heterocycles. The van der Waals surface area contributed by atoms with Crippen molar-refractivity contribution in [2.75, 3.05) is 0 Å². The van der Waals surface area contributed by atoms with Gasteiger partial charge in [-0.05, 0) is 23.3 Å². The van der Waals surface area contributed by atoms with E-state index >= 15 is 0 Å². The van der Waals surface area contributed by atoms with Crippen molar-refractivity contribution >= 4 is 35.1 Å². The molecule has 98 valence electrons. The fourth-order valence-corrected chi connectivity index (χ4v) is 2.79. The summed E-state index contributed by atoms with van der Waals surface area (Å²) in [4.78, 5) is 10.4. The molecule has 0 fully saturated rings. The number of hydrogen-bond acceptors (Lipinski definition) is 5. The standard InChI is InChI=1S/C12H9FN2O2S2/c13-10-5-8(2-4-11(16)17)1-3-9(10)6-18-12-15-14-7-19-12/h1-5,7H,6H2,(H,16,17)/b4-2+. The lowest BCUT2D eigenvalue weighted by Gasteiger charge is -2.02. The molecule has 0 amide bonds. The first-order valence-corrected chi connectivity index (χ1v) is 7.10. The van der Waals surface area contributed by atoms with E-state index in [2.05, 4.69) is 10.2 Å². The summed E-state index contributed by atoms with van der Waals surface area (Å²) in [6, 6.07) is 4.64. The third-order valence-corrected chi connectivity index (χ3v) is 4.10. The molecule has 0 aliphatic rings. The Balaban J connectivity index is 2.04. The second kappa shape index (κ2) is 6.44. The molecule has 0 unspecified atom stereocenters.